The maximum Gasteiger partial charge on any atom is 0.162 e. The van der Waals surface area contributed by atoms with Crippen molar-refractivity contribution in [2.24, 2.45) is 0 Å². The van der Waals surface area contributed by atoms with Crippen molar-refractivity contribution in [1.29, 1.82) is 0 Å². The summed E-state index contributed by atoms with van der Waals surface area (Å²) in [6.07, 6.45) is 10.6. The van der Waals surface area contributed by atoms with Gasteiger partial charge < -0.3 is 5.32 Å². The average Bonchev–Trinajstić information content (AvgIpc) is 2.59. The van der Waals surface area contributed by atoms with Crippen molar-refractivity contribution >= 4 is 16.7 Å². The number of hydrogen-bond donors (Lipinski definition) is 1. The summed E-state index contributed by atoms with van der Waals surface area (Å²) in [5, 5.41) is 4.44. The van der Waals surface area contributed by atoms with Crippen LogP contribution in [-0.4, -0.2) is 26.5 Å². The Kier molecular flexibility index (Phi) is 4.53. The van der Waals surface area contributed by atoms with E-state index in [2.05, 4.69) is 27.2 Å². The molecule has 0 unspecified atom stereocenters. The second kappa shape index (κ2) is 6.93. The molecule has 3 aromatic heterocycles. The smallest absolute Gasteiger partial charge is 0.162 e. The molecule has 0 saturated heterocycles. The number of nitrogens with one attached hydrogen (secondary N) is 1. The molecule has 0 aromatic carbocycles. The van der Waals surface area contributed by atoms with Gasteiger partial charge in [-0.2, -0.15) is 0 Å². The molecule has 22 heavy (non-hydrogen) atoms. The minimum atomic E-state index is 0.695. The van der Waals surface area contributed by atoms with Crippen LogP contribution in [0.15, 0.2) is 43.0 Å². The van der Waals surface area contributed by atoms with Gasteiger partial charge >= 0.3 is 0 Å². The molecule has 0 aliphatic rings. The molecule has 0 radical (unpaired) electrons. The number of unbranched alkanes of at least 4 members (excludes halogenated alkanes) is 2. The molecule has 0 atom stereocenters. The highest BCUT2D eigenvalue weighted by atomic mass is 15.0. The molecule has 3 heterocycles. The van der Waals surface area contributed by atoms with E-state index in [4.69, 9.17) is 4.98 Å². The van der Waals surface area contributed by atoms with Gasteiger partial charge in [-0.1, -0.05) is 19.8 Å². The predicted octanol–water partition coefficient (Wildman–Crippen LogP) is 3.69. The average molecular weight is 293 g/mol. The van der Waals surface area contributed by atoms with Crippen LogP contribution in [0.5, 0.6) is 0 Å². The fourth-order valence-corrected chi connectivity index (χ4v) is 2.33. The molecule has 3 aromatic rings. The zero-order valence-corrected chi connectivity index (χ0v) is 12.7. The third-order valence-corrected chi connectivity index (χ3v) is 3.51. The summed E-state index contributed by atoms with van der Waals surface area (Å²) < 4.78 is 0. The summed E-state index contributed by atoms with van der Waals surface area (Å²) in [7, 11) is 0. The van der Waals surface area contributed by atoms with Gasteiger partial charge in [-0.3, -0.25) is 9.97 Å². The Morgan fingerprint density at radius 3 is 2.59 bits per heavy atom. The summed E-state index contributed by atoms with van der Waals surface area (Å²) in [5.74, 6) is 1.57. The Morgan fingerprint density at radius 2 is 1.77 bits per heavy atom. The van der Waals surface area contributed by atoms with E-state index in [9.17, 15) is 0 Å². The topological polar surface area (TPSA) is 63.6 Å². The lowest BCUT2D eigenvalue weighted by Gasteiger charge is -2.10. The maximum absolute atomic E-state index is 4.69. The van der Waals surface area contributed by atoms with Crippen molar-refractivity contribution < 1.29 is 0 Å². The van der Waals surface area contributed by atoms with E-state index in [1.54, 1.807) is 24.8 Å². The third kappa shape index (κ3) is 3.19. The summed E-state index contributed by atoms with van der Waals surface area (Å²) >= 11 is 0. The van der Waals surface area contributed by atoms with Gasteiger partial charge in [-0.25, -0.2) is 9.97 Å². The molecule has 112 valence electrons. The molecule has 0 aliphatic heterocycles. The molecule has 0 amide bonds. The molecule has 0 bridgehead atoms. The fourth-order valence-electron chi connectivity index (χ4n) is 2.33. The van der Waals surface area contributed by atoms with Gasteiger partial charge in [0.25, 0.3) is 0 Å². The number of nitrogens with zero attached hydrogens (tertiary/aromatic N) is 4. The fraction of sp³-hybridized carbons (Fsp3) is 0.294. The van der Waals surface area contributed by atoms with Gasteiger partial charge in [-0.05, 0) is 24.6 Å². The quantitative estimate of drug-likeness (QED) is 0.702. The van der Waals surface area contributed by atoms with E-state index in [0.717, 1.165) is 35.2 Å². The Balaban J connectivity index is 1.97. The van der Waals surface area contributed by atoms with E-state index >= 15 is 0 Å². The van der Waals surface area contributed by atoms with Crippen molar-refractivity contribution in [1.82, 2.24) is 19.9 Å². The number of pyridine rings is 2. The molecule has 0 fully saturated rings. The Hall–Kier alpha value is -2.56. The van der Waals surface area contributed by atoms with Crippen LogP contribution in [0, 0.1) is 0 Å². The molecule has 5 heteroatoms. The highest BCUT2D eigenvalue weighted by Crippen LogP contribution is 2.23. The highest BCUT2D eigenvalue weighted by molar-refractivity contribution is 5.89. The lowest BCUT2D eigenvalue weighted by molar-refractivity contribution is 0.742. The normalized spacial score (nSPS) is 10.8. The van der Waals surface area contributed by atoms with Crippen LogP contribution in [-0.2, 0) is 0 Å². The van der Waals surface area contributed by atoms with Gasteiger partial charge in [-0.15, -0.1) is 0 Å². The van der Waals surface area contributed by atoms with Gasteiger partial charge in [0, 0.05) is 36.1 Å². The van der Waals surface area contributed by atoms with E-state index in [-0.39, 0.29) is 0 Å². The van der Waals surface area contributed by atoms with Gasteiger partial charge in [0.1, 0.15) is 5.82 Å². The van der Waals surface area contributed by atoms with Crippen LogP contribution >= 0.6 is 0 Å². The zero-order chi connectivity index (χ0) is 15.2. The second-order valence-electron chi connectivity index (χ2n) is 5.16. The van der Waals surface area contributed by atoms with Crippen molar-refractivity contribution in [3.8, 4) is 11.4 Å². The zero-order valence-electron chi connectivity index (χ0n) is 12.7. The van der Waals surface area contributed by atoms with Crippen LogP contribution in [0.25, 0.3) is 22.3 Å². The van der Waals surface area contributed by atoms with Crippen molar-refractivity contribution in [2.75, 3.05) is 11.9 Å². The largest absolute Gasteiger partial charge is 0.369 e. The van der Waals surface area contributed by atoms with Crippen LogP contribution in [0.4, 0.5) is 5.82 Å². The molecule has 3 rings (SSSR count). The van der Waals surface area contributed by atoms with Crippen molar-refractivity contribution in [2.45, 2.75) is 26.2 Å². The lowest BCUT2D eigenvalue weighted by Crippen LogP contribution is -2.06. The van der Waals surface area contributed by atoms with E-state index in [1.165, 1.54) is 12.8 Å². The third-order valence-electron chi connectivity index (χ3n) is 3.51. The van der Waals surface area contributed by atoms with Gasteiger partial charge in [0.2, 0.25) is 0 Å². The van der Waals surface area contributed by atoms with Gasteiger partial charge in [0.15, 0.2) is 5.82 Å². The predicted molar refractivity (Wildman–Crippen MR) is 88.6 cm³/mol. The molecule has 0 aliphatic carbocycles. The first-order valence-electron chi connectivity index (χ1n) is 7.64. The molecular formula is C17H19N5. The maximum atomic E-state index is 4.69. The lowest BCUT2D eigenvalue weighted by atomic mass is 10.2. The Labute approximate surface area is 129 Å². The number of fused-ring (bicyclic) bond motifs is 1. The first-order valence-corrected chi connectivity index (χ1v) is 7.64. The Bertz CT molecular complexity index is 742. The number of rotatable bonds is 6. The molecule has 0 saturated carbocycles. The van der Waals surface area contributed by atoms with E-state index in [0.29, 0.717) is 5.82 Å². The van der Waals surface area contributed by atoms with Crippen LogP contribution in [0.3, 0.4) is 0 Å². The first-order chi connectivity index (χ1) is 10.9. The van der Waals surface area contributed by atoms with E-state index < -0.39 is 0 Å². The summed E-state index contributed by atoms with van der Waals surface area (Å²) in [5.41, 5.74) is 1.81. The second-order valence-corrected chi connectivity index (χ2v) is 5.16. The standard InChI is InChI=1S/C17H19N5/c1-2-3-4-8-20-17-14-7-11-19-12-15(14)21-16(22-17)13-5-9-18-10-6-13/h5-7,9-12H,2-4,8H2,1H3,(H,20,21,22). The van der Waals surface area contributed by atoms with Crippen molar-refractivity contribution in [3.63, 3.8) is 0 Å². The number of hydrogen-bond acceptors (Lipinski definition) is 5. The monoisotopic (exact) mass is 293 g/mol. The molecule has 0 spiro atoms. The van der Waals surface area contributed by atoms with Crippen molar-refractivity contribution in [3.05, 3.63) is 43.0 Å². The summed E-state index contributed by atoms with van der Waals surface area (Å²) in [6, 6.07) is 5.78. The summed E-state index contributed by atoms with van der Waals surface area (Å²) in [6.45, 7) is 3.12. The molecule has 5 nitrogen and oxygen atoms in total. The van der Waals surface area contributed by atoms with Crippen LogP contribution in [0.2, 0.25) is 0 Å². The van der Waals surface area contributed by atoms with E-state index in [1.807, 2.05) is 18.2 Å². The van der Waals surface area contributed by atoms with Crippen LogP contribution < -0.4 is 5.32 Å². The highest BCUT2D eigenvalue weighted by Gasteiger charge is 2.09. The molecular weight excluding hydrogens is 274 g/mol. The minimum absolute atomic E-state index is 0.695. The SMILES string of the molecule is CCCCCNc1nc(-c2ccncc2)nc2cnccc12. The Morgan fingerprint density at radius 1 is 0.955 bits per heavy atom. The minimum Gasteiger partial charge on any atom is -0.369 e. The number of aromatic nitrogens is 4. The van der Waals surface area contributed by atoms with Gasteiger partial charge in [0.05, 0.1) is 11.7 Å². The van der Waals surface area contributed by atoms with Crippen LogP contribution in [0.1, 0.15) is 26.2 Å². The summed E-state index contributed by atoms with van der Waals surface area (Å²) in [4.78, 5) is 17.5. The first kappa shape index (κ1) is 14.4. The molecule has 1 N–H and O–H groups in total. The number of anilines is 1.